The van der Waals surface area contributed by atoms with Crippen LogP contribution in [-0.4, -0.2) is 12.3 Å². The van der Waals surface area contributed by atoms with Gasteiger partial charge in [0.15, 0.2) is 0 Å². The maximum Gasteiger partial charge on any atom is 0.0101 e. The van der Waals surface area contributed by atoms with Gasteiger partial charge in [0.05, 0.1) is 0 Å². The van der Waals surface area contributed by atoms with E-state index in [0.29, 0.717) is 6.04 Å². The number of benzene rings is 1. The average Bonchev–Trinajstić information content (AvgIpc) is 2.15. The minimum atomic E-state index is 0.301. The number of rotatable bonds is 4. The lowest BCUT2D eigenvalue weighted by Crippen LogP contribution is -2.15. The summed E-state index contributed by atoms with van der Waals surface area (Å²) in [6, 6.07) is 8.84. The summed E-state index contributed by atoms with van der Waals surface area (Å²) in [7, 11) is 0. The first-order valence-electron chi connectivity index (χ1n) is 4.61. The molecule has 2 heteroatoms. The van der Waals surface area contributed by atoms with Gasteiger partial charge in [0.25, 0.3) is 0 Å². The lowest BCUT2D eigenvalue weighted by molar-refractivity contribution is 0.662. The molecule has 1 nitrogen and oxygen atoms in total. The van der Waals surface area contributed by atoms with E-state index in [4.69, 9.17) is 5.73 Å². The van der Waals surface area contributed by atoms with E-state index < -0.39 is 0 Å². The van der Waals surface area contributed by atoms with Crippen LogP contribution in [-0.2, 0) is 6.42 Å². The largest absolute Gasteiger partial charge is 0.328 e. The highest BCUT2D eigenvalue weighted by Gasteiger charge is 2.01. The molecule has 72 valence electrons. The van der Waals surface area contributed by atoms with Crippen molar-refractivity contribution in [3.63, 3.8) is 0 Å². The Bertz CT molecular complexity index is 258. The number of hydrogen-bond acceptors (Lipinski definition) is 2. The monoisotopic (exact) mass is 195 g/mol. The van der Waals surface area contributed by atoms with Crippen molar-refractivity contribution in [1.29, 1.82) is 0 Å². The van der Waals surface area contributed by atoms with E-state index >= 15 is 0 Å². The Hall–Kier alpha value is -0.470. The molecule has 1 aromatic rings. The van der Waals surface area contributed by atoms with E-state index in [9.17, 15) is 0 Å². The molecule has 0 heterocycles. The smallest absolute Gasteiger partial charge is 0.0101 e. The zero-order chi connectivity index (χ0) is 9.68. The normalized spacial score (nSPS) is 12.8. The molecule has 1 atom stereocenters. The molecule has 2 N–H and O–H groups in total. The van der Waals surface area contributed by atoms with Gasteiger partial charge in [0.2, 0.25) is 0 Å². The number of aryl methyl sites for hydroxylation is 1. The van der Waals surface area contributed by atoms with Gasteiger partial charge in [-0.2, -0.15) is 0 Å². The Kier molecular flexibility index (Phi) is 4.33. The molecule has 1 aromatic carbocycles. The summed E-state index contributed by atoms with van der Waals surface area (Å²) in [5.74, 6) is 0. The van der Waals surface area contributed by atoms with Gasteiger partial charge in [0.1, 0.15) is 0 Å². The lowest BCUT2D eigenvalue weighted by Gasteiger charge is -2.08. The quantitative estimate of drug-likeness (QED) is 0.748. The molecule has 0 aliphatic heterocycles. The van der Waals surface area contributed by atoms with Crippen molar-refractivity contribution >= 4 is 11.8 Å². The van der Waals surface area contributed by atoms with Gasteiger partial charge in [-0.3, -0.25) is 0 Å². The van der Waals surface area contributed by atoms with Gasteiger partial charge in [-0.05, 0) is 37.7 Å². The molecular weight excluding hydrogens is 178 g/mol. The Morgan fingerprint density at radius 3 is 2.69 bits per heavy atom. The fourth-order valence-electron chi connectivity index (χ4n) is 1.29. The maximum atomic E-state index is 5.72. The average molecular weight is 195 g/mol. The molecule has 0 aliphatic carbocycles. The third-order valence-corrected chi connectivity index (χ3v) is 2.90. The van der Waals surface area contributed by atoms with Crippen LogP contribution >= 0.6 is 11.8 Å². The predicted molar refractivity (Wildman–Crippen MR) is 60.2 cm³/mol. The zero-order valence-corrected chi connectivity index (χ0v) is 9.10. The fourth-order valence-corrected chi connectivity index (χ4v) is 1.94. The lowest BCUT2D eigenvalue weighted by atomic mass is 10.1. The van der Waals surface area contributed by atoms with Crippen molar-refractivity contribution in [3.05, 3.63) is 29.8 Å². The van der Waals surface area contributed by atoms with Gasteiger partial charge < -0.3 is 5.73 Å². The van der Waals surface area contributed by atoms with Crippen molar-refractivity contribution in [2.24, 2.45) is 5.73 Å². The first-order chi connectivity index (χ1) is 6.24. The van der Waals surface area contributed by atoms with Crippen LogP contribution in [0.5, 0.6) is 0 Å². The standard InChI is InChI=1S/C11H17NS/c1-9(12)7-8-10-5-3-4-6-11(10)13-2/h3-6,9H,7-8,12H2,1-2H3. The summed E-state index contributed by atoms with van der Waals surface area (Å²) in [4.78, 5) is 1.38. The van der Waals surface area contributed by atoms with E-state index in [-0.39, 0.29) is 0 Å². The highest BCUT2D eigenvalue weighted by molar-refractivity contribution is 7.98. The second-order valence-corrected chi connectivity index (χ2v) is 4.18. The maximum absolute atomic E-state index is 5.72. The van der Waals surface area contributed by atoms with Crippen molar-refractivity contribution in [1.82, 2.24) is 0 Å². The van der Waals surface area contributed by atoms with Crippen LogP contribution in [0.15, 0.2) is 29.2 Å². The minimum absolute atomic E-state index is 0.301. The van der Waals surface area contributed by atoms with Gasteiger partial charge in [-0.25, -0.2) is 0 Å². The van der Waals surface area contributed by atoms with Crippen LogP contribution in [0.1, 0.15) is 18.9 Å². The van der Waals surface area contributed by atoms with E-state index in [1.807, 2.05) is 0 Å². The molecule has 1 unspecified atom stereocenters. The number of thioether (sulfide) groups is 1. The van der Waals surface area contributed by atoms with Crippen molar-refractivity contribution < 1.29 is 0 Å². The fraction of sp³-hybridized carbons (Fsp3) is 0.455. The third-order valence-electron chi connectivity index (χ3n) is 2.06. The molecule has 1 rings (SSSR count). The van der Waals surface area contributed by atoms with Crippen LogP contribution in [0.25, 0.3) is 0 Å². The zero-order valence-electron chi connectivity index (χ0n) is 8.29. The van der Waals surface area contributed by atoms with E-state index in [1.54, 1.807) is 11.8 Å². The summed E-state index contributed by atoms with van der Waals surface area (Å²) in [6.07, 6.45) is 4.27. The molecule has 13 heavy (non-hydrogen) atoms. The van der Waals surface area contributed by atoms with E-state index in [2.05, 4.69) is 37.4 Å². The van der Waals surface area contributed by atoms with Crippen LogP contribution < -0.4 is 5.73 Å². The highest BCUT2D eigenvalue weighted by Crippen LogP contribution is 2.21. The van der Waals surface area contributed by atoms with Crippen molar-refractivity contribution in [2.75, 3.05) is 6.26 Å². The number of nitrogens with two attached hydrogens (primary N) is 1. The topological polar surface area (TPSA) is 26.0 Å². The second-order valence-electron chi connectivity index (χ2n) is 3.33. The predicted octanol–water partition coefficient (Wildman–Crippen LogP) is 2.69. The highest BCUT2D eigenvalue weighted by atomic mass is 32.2. The van der Waals surface area contributed by atoms with Crippen molar-refractivity contribution in [2.45, 2.75) is 30.7 Å². The molecule has 0 aromatic heterocycles. The summed E-state index contributed by atoms with van der Waals surface area (Å²) in [5.41, 5.74) is 7.15. The molecule has 0 bridgehead atoms. The Labute approximate surface area is 84.7 Å². The summed E-state index contributed by atoms with van der Waals surface area (Å²) in [6.45, 7) is 2.06. The molecule has 0 saturated carbocycles. The summed E-state index contributed by atoms with van der Waals surface area (Å²) < 4.78 is 0. The first-order valence-corrected chi connectivity index (χ1v) is 5.84. The van der Waals surface area contributed by atoms with Gasteiger partial charge >= 0.3 is 0 Å². The van der Waals surface area contributed by atoms with Gasteiger partial charge in [0, 0.05) is 10.9 Å². The summed E-state index contributed by atoms with van der Waals surface area (Å²) in [5, 5.41) is 0. The molecule has 0 aliphatic rings. The van der Waals surface area contributed by atoms with Gasteiger partial charge in [-0.1, -0.05) is 18.2 Å². The second kappa shape index (κ2) is 5.30. The van der Waals surface area contributed by atoms with Crippen LogP contribution in [0.3, 0.4) is 0 Å². The minimum Gasteiger partial charge on any atom is -0.328 e. The van der Waals surface area contributed by atoms with E-state index in [0.717, 1.165) is 12.8 Å². The molecule has 0 spiro atoms. The Morgan fingerprint density at radius 1 is 1.38 bits per heavy atom. The number of hydrogen-bond donors (Lipinski definition) is 1. The Balaban J connectivity index is 2.64. The van der Waals surface area contributed by atoms with E-state index in [1.165, 1.54) is 10.5 Å². The van der Waals surface area contributed by atoms with Crippen LogP contribution in [0.4, 0.5) is 0 Å². The molecule has 0 radical (unpaired) electrons. The third kappa shape index (κ3) is 3.41. The Morgan fingerprint density at radius 2 is 2.08 bits per heavy atom. The molecule has 0 fully saturated rings. The SMILES string of the molecule is CSc1ccccc1CCC(C)N. The molecule has 0 saturated heterocycles. The molecular formula is C11H17NS. The van der Waals surface area contributed by atoms with Crippen LogP contribution in [0.2, 0.25) is 0 Å². The van der Waals surface area contributed by atoms with Crippen LogP contribution in [0, 0.1) is 0 Å². The van der Waals surface area contributed by atoms with Crippen molar-refractivity contribution in [3.8, 4) is 0 Å². The summed E-state index contributed by atoms with van der Waals surface area (Å²) >= 11 is 1.81. The first kappa shape index (κ1) is 10.6. The van der Waals surface area contributed by atoms with Gasteiger partial charge in [-0.15, -0.1) is 11.8 Å². The molecule has 0 amide bonds.